The molecule has 0 aliphatic rings. The second-order valence-corrected chi connectivity index (χ2v) is 5.32. The third-order valence-electron chi connectivity index (χ3n) is 2.88. The fourth-order valence-electron chi connectivity index (χ4n) is 1.75. The van der Waals surface area contributed by atoms with E-state index in [1.807, 2.05) is 19.9 Å². The number of hydrogen-bond acceptors (Lipinski definition) is 4. The van der Waals surface area contributed by atoms with Crippen molar-refractivity contribution in [2.45, 2.75) is 20.8 Å². The zero-order chi connectivity index (χ0) is 15.3. The fourth-order valence-corrected chi connectivity index (χ4v) is 2.96. The molecule has 0 aliphatic heterocycles. The summed E-state index contributed by atoms with van der Waals surface area (Å²) in [6.07, 6.45) is 0. The molecule has 1 N–H and O–H groups in total. The molecule has 1 heterocycles. The molecule has 0 unspecified atom stereocenters. The quantitative estimate of drug-likeness (QED) is 0.849. The molecule has 1 aromatic rings. The van der Waals surface area contributed by atoms with Crippen LogP contribution in [0.25, 0.3) is 0 Å². The highest BCUT2D eigenvalue weighted by Gasteiger charge is 2.23. The maximum absolute atomic E-state index is 12.4. The molecule has 7 heteroatoms. The summed E-state index contributed by atoms with van der Waals surface area (Å²) in [5.74, 6) is -0.715. The number of amides is 2. The lowest BCUT2D eigenvalue weighted by molar-refractivity contribution is -0.113. The van der Waals surface area contributed by atoms with Crippen LogP contribution in [0.5, 0.6) is 0 Å². The van der Waals surface area contributed by atoms with Gasteiger partial charge in [0.05, 0.1) is 10.4 Å². The van der Waals surface area contributed by atoms with Gasteiger partial charge in [0.15, 0.2) is 0 Å². The van der Waals surface area contributed by atoms with Crippen molar-refractivity contribution in [2.75, 3.05) is 24.3 Å². The predicted molar refractivity (Wildman–Crippen MR) is 80.4 cm³/mol. The lowest BCUT2D eigenvalue weighted by atomic mass is 10.1. The van der Waals surface area contributed by atoms with Crippen LogP contribution in [-0.4, -0.2) is 35.7 Å². The van der Waals surface area contributed by atoms with E-state index in [4.69, 9.17) is 11.6 Å². The lowest BCUT2D eigenvalue weighted by Crippen LogP contribution is -2.30. The van der Waals surface area contributed by atoms with Crippen molar-refractivity contribution in [3.8, 4) is 6.07 Å². The summed E-state index contributed by atoms with van der Waals surface area (Å²) in [5, 5.41) is 12.1. The molecular formula is C13H16ClN3O2S. The maximum atomic E-state index is 12.4. The minimum atomic E-state index is -0.397. The first-order valence-corrected chi connectivity index (χ1v) is 7.53. The van der Waals surface area contributed by atoms with Crippen LogP contribution in [0.4, 0.5) is 5.00 Å². The number of rotatable bonds is 5. The topological polar surface area (TPSA) is 73.2 Å². The Morgan fingerprint density at radius 3 is 2.45 bits per heavy atom. The summed E-state index contributed by atoms with van der Waals surface area (Å²) in [7, 11) is 0. The number of alkyl halides is 1. The van der Waals surface area contributed by atoms with Gasteiger partial charge in [-0.05, 0) is 26.3 Å². The zero-order valence-electron chi connectivity index (χ0n) is 11.6. The number of nitrogens with zero attached hydrogens (tertiary/aromatic N) is 2. The van der Waals surface area contributed by atoms with Crippen LogP contribution >= 0.6 is 22.9 Å². The Kier molecular flexibility index (Phi) is 5.99. The molecule has 2 amide bonds. The number of halogens is 1. The Morgan fingerprint density at radius 1 is 1.40 bits per heavy atom. The van der Waals surface area contributed by atoms with Gasteiger partial charge in [-0.25, -0.2) is 0 Å². The summed E-state index contributed by atoms with van der Waals surface area (Å²) < 4.78 is 0. The first-order chi connectivity index (χ1) is 9.49. The second kappa shape index (κ2) is 7.27. The fraction of sp³-hybridized carbons (Fsp3) is 0.462. The van der Waals surface area contributed by atoms with Gasteiger partial charge < -0.3 is 10.2 Å². The van der Waals surface area contributed by atoms with Gasteiger partial charge in [-0.1, -0.05) is 0 Å². The molecule has 1 aromatic heterocycles. The zero-order valence-corrected chi connectivity index (χ0v) is 13.2. The average Bonchev–Trinajstić information content (AvgIpc) is 2.75. The number of nitrogens with one attached hydrogen (secondary N) is 1. The Balaban J connectivity index is 3.20. The molecule has 1 rings (SSSR count). The van der Waals surface area contributed by atoms with Gasteiger partial charge in [-0.3, -0.25) is 9.59 Å². The summed E-state index contributed by atoms with van der Waals surface area (Å²) in [6.45, 7) is 6.69. The average molecular weight is 314 g/mol. The number of carbonyl (C=O) groups excluding carboxylic acids is 2. The van der Waals surface area contributed by atoms with Gasteiger partial charge in [-0.2, -0.15) is 5.26 Å². The van der Waals surface area contributed by atoms with Crippen molar-refractivity contribution in [2.24, 2.45) is 0 Å². The van der Waals surface area contributed by atoms with E-state index in [1.165, 1.54) is 0 Å². The van der Waals surface area contributed by atoms with E-state index in [9.17, 15) is 14.9 Å². The molecule has 0 aliphatic carbocycles. The van der Waals surface area contributed by atoms with Gasteiger partial charge in [0.25, 0.3) is 5.91 Å². The third kappa shape index (κ3) is 3.30. The highest BCUT2D eigenvalue weighted by atomic mass is 35.5. The van der Waals surface area contributed by atoms with Crippen LogP contribution < -0.4 is 5.32 Å². The first kappa shape index (κ1) is 16.5. The van der Waals surface area contributed by atoms with Gasteiger partial charge in [0, 0.05) is 13.1 Å². The monoisotopic (exact) mass is 313 g/mol. The van der Waals surface area contributed by atoms with Gasteiger partial charge in [-0.15, -0.1) is 22.9 Å². The SMILES string of the molecule is CCN(CC)C(=O)c1sc(NC(=O)CCl)c(C#N)c1C. The summed E-state index contributed by atoms with van der Waals surface area (Å²) in [5.41, 5.74) is 0.920. The van der Waals surface area contributed by atoms with E-state index in [1.54, 1.807) is 11.8 Å². The normalized spacial score (nSPS) is 9.95. The highest BCUT2D eigenvalue weighted by molar-refractivity contribution is 7.18. The molecular weight excluding hydrogens is 298 g/mol. The molecule has 108 valence electrons. The van der Waals surface area contributed by atoms with Crippen LogP contribution in [-0.2, 0) is 4.79 Å². The maximum Gasteiger partial charge on any atom is 0.264 e. The summed E-state index contributed by atoms with van der Waals surface area (Å²) >= 11 is 6.55. The van der Waals surface area contributed by atoms with Crippen molar-refractivity contribution in [3.05, 3.63) is 16.0 Å². The molecule has 20 heavy (non-hydrogen) atoms. The summed E-state index contributed by atoms with van der Waals surface area (Å²) in [6, 6.07) is 2.03. The Hall–Kier alpha value is -1.58. The van der Waals surface area contributed by atoms with Crippen LogP contribution in [0.15, 0.2) is 0 Å². The van der Waals surface area contributed by atoms with Gasteiger partial charge in [0.1, 0.15) is 17.0 Å². The van der Waals surface area contributed by atoms with E-state index in [0.29, 0.717) is 34.1 Å². The second-order valence-electron chi connectivity index (χ2n) is 4.03. The molecule has 0 radical (unpaired) electrons. The molecule has 0 atom stereocenters. The van der Waals surface area contributed by atoms with Crippen molar-refractivity contribution >= 4 is 39.8 Å². The van der Waals surface area contributed by atoms with Crippen molar-refractivity contribution in [1.82, 2.24) is 4.90 Å². The van der Waals surface area contributed by atoms with Crippen LogP contribution in [0, 0.1) is 18.3 Å². The van der Waals surface area contributed by atoms with E-state index < -0.39 is 5.91 Å². The molecule has 0 bridgehead atoms. The van der Waals surface area contributed by atoms with Gasteiger partial charge >= 0.3 is 0 Å². The van der Waals surface area contributed by atoms with E-state index in [-0.39, 0.29) is 11.8 Å². The molecule has 0 aromatic carbocycles. The largest absolute Gasteiger partial charge is 0.338 e. The van der Waals surface area contributed by atoms with E-state index in [2.05, 4.69) is 5.32 Å². The highest BCUT2D eigenvalue weighted by Crippen LogP contribution is 2.33. The number of thiophene rings is 1. The number of hydrogen-bond donors (Lipinski definition) is 1. The van der Waals surface area contributed by atoms with Crippen LogP contribution in [0.2, 0.25) is 0 Å². The minimum absolute atomic E-state index is 0.125. The van der Waals surface area contributed by atoms with Crippen molar-refractivity contribution in [3.63, 3.8) is 0 Å². The van der Waals surface area contributed by atoms with Crippen molar-refractivity contribution < 1.29 is 9.59 Å². The standard InChI is InChI=1S/C13H16ClN3O2S/c1-4-17(5-2)13(19)11-8(3)9(7-15)12(20-11)16-10(18)6-14/h4-6H2,1-3H3,(H,16,18). The minimum Gasteiger partial charge on any atom is -0.338 e. The molecule has 0 saturated carbocycles. The Bertz CT molecular complexity index is 559. The van der Waals surface area contributed by atoms with E-state index >= 15 is 0 Å². The number of anilines is 1. The summed E-state index contributed by atoms with van der Waals surface area (Å²) in [4.78, 5) is 25.9. The Morgan fingerprint density at radius 2 is 2.00 bits per heavy atom. The van der Waals surface area contributed by atoms with Crippen LogP contribution in [0.1, 0.15) is 34.6 Å². The molecule has 5 nitrogen and oxygen atoms in total. The third-order valence-corrected chi connectivity index (χ3v) is 4.32. The number of carbonyl (C=O) groups is 2. The van der Waals surface area contributed by atoms with E-state index in [0.717, 1.165) is 11.3 Å². The van der Waals surface area contributed by atoms with Crippen molar-refractivity contribution in [1.29, 1.82) is 5.26 Å². The smallest absolute Gasteiger partial charge is 0.264 e. The van der Waals surface area contributed by atoms with Gasteiger partial charge in [0.2, 0.25) is 5.91 Å². The molecule has 0 fully saturated rings. The Labute approximate surface area is 127 Å². The first-order valence-electron chi connectivity index (χ1n) is 6.18. The van der Waals surface area contributed by atoms with Crippen LogP contribution in [0.3, 0.4) is 0 Å². The number of nitriles is 1. The molecule has 0 saturated heterocycles. The predicted octanol–water partition coefficient (Wildman–Crippen LogP) is 2.59. The molecule has 0 spiro atoms. The lowest BCUT2D eigenvalue weighted by Gasteiger charge is -2.17.